The lowest BCUT2D eigenvalue weighted by atomic mass is 9.97. The lowest BCUT2D eigenvalue weighted by Crippen LogP contribution is -2.34. The van der Waals surface area contributed by atoms with Gasteiger partial charge < -0.3 is 5.32 Å². The van der Waals surface area contributed by atoms with Gasteiger partial charge in [-0.25, -0.2) is 9.67 Å². The molecule has 1 amide bonds. The summed E-state index contributed by atoms with van der Waals surface area (Å²) >= 11 is 0. The summed E-state index contributed by atoms with van der Waals surface area (Å²) < 4.78 is 3.06. The molecule has 0 fully saturated rings. The van der Waals surface area contributed by atoms with Gasteiger partial charge in [-0.2, -0.15) is 0 Å². The van der Waals surface area contributed by atoms with Gasteiger partial charge in [0.05, 0.1) is 5.39 Å². The third kappa shape index (κ3) is 3.36. The Morgan fingerprint density at radius 3 is 3.00 bits per heavy atom. The molecule has 1 aliphatic carbocycles. The summed E-state index contributed by atoms with van der Waals surface area (Å²) in [5.41, 5.74) is 1.85. The van der Waals surface area contributed by atoms with Crippen molar-refractivity contribution in [1.29, 1.82) is 0 Å². The number of pyridine rings is 1. The molecule has 2 aromatic heterocycles. The summed E-state index contributed by atoms with van der Waals surface area (Å²) in [6.45, 7) is 0.645. The van der Waals surface area contributed by atoms with Crippen molar-refractivity contribution >= 4 is 16.9 Å². The molecule has 0 unspecified atom stereocenters. The van der Waals surface area contributed by atoms with Crippen LogP contribution in [0.25, 0.3) is 11.0 Å². The summed E-state index contributed by atoms with van der Waals surface area (Å²) in [4.78, 5) is 28.6. The van der Waals surface area contributed by atoms with E-state index in [9.17, 15) is 9.59 Å². The zero-order valence-electron chi connectivity index (χ0n) is 13.4. The molecule has 1 N–H and O–H groups in total. The number of fused-ring (bicyclic) bond motifs is 1. The largest absolute Gasteiger partial charge is 0.354 e. The Hall–Kier alpha value is -2.37. The first kappa shape index (κ1) is 15.5. The van der Waals surface area contributed by atoms with Crippen molar-refractivity contribution in [2.24, 2.45) is 7.05 Å². The third-order valence-corrected chi connectivity index (χ3v) is 4.37. The molecule has 1 aliphatic rings. The van der Waals surface area contributed by atoms with Crippen LogP contribution < -0.4 is 10.9 Å². The second-order valence-corrected chi connectivity index (χ2v) is 5.97. The lowest BCUT2D eigenvalue weighted by molar-refractivity contribution is -0.122. The van der Waals surface area contributed by atoms with Crippen LogP contribution in [0.2, 0.25) is 0 Å². The minimum absolute atomic E-state index is 0.0186. The number of rotatable bonds is 5. The van der Waals surface area contributed by atoms with Crippen LogP contribution in [0.4, 0.5) is 0 Å². The van der Waals surface area contributed by atoms with E-state index in [0.29, 0.717) is 17.6 Å². The van der Waals surface area contributed by atoms with Crippen LogP contribution in [0.15, 0.2) is 34.8 Å². The predicted octanol–water partition coefficient (Wildman–Crippen LogP) is 1.74. The second-order valence-electron chi connectivity index (χ2n) is 5.97. The quantitative estimate of drug-likeness (QED) is 0.855. The van der Waals surface area contributed by atoms with Crippen molar-refractivity contribution < 1.29 is 4.79 Å². The first-order valence-corrected chi connectivity index (χ1v) is 8.12. The molecule has 122 valence electrons. The van der Waals surface area contributed by atoms with E-state index in [0.717, 1.165) is 19.3 Å². The summed E-state index contributed by atoms with van der Waals surface area (Å²) in [5, 5.41) is 3.44. The van der Waals surface area contributed by atoms with Crippen molar-refractivity contribution in [1.82, 2.24) is 19.7 Å². The van der Waals surface area contributed by atoms with Gasteiger partial charge in [0, 0.05) is 19.8 Å². The summed E-state index contributed by atoms with van der Waals surface area (Å²) in [6.07, 6.45) is 9.65. The van der Waals surface area contributed by atoms with Gasteiger partial charge in [0.25, 0.3) is 5.56 Å². The Bertz CT molecular complexity index is 801. The number of aryl methyl sites for hydroxylation is 1. The second kappa shape index (κ2) is 6.81. The van der Waals surface area contributed by atoms with Gasteiger partial charge in [-0.15, -0.1) is 0 Å². The SMILES string of the molecule is Cn1c2ncccc2c(=O)n1CC(=O)NCCC1=CCCCC1. The molecular formula is C17H22N4O2. The number of amides is 1. The highest BCUT2D eigenvalue weighted by Crippen LogP contribution is 2.19. The average molecular weight is 314 g/mol. The first-order chi connectivity index (χ1) is 11.2. The fraction of sp³-hybridized carbons (Fsp3) is 0.471. The van der Waals surface area contributed by atoms with Gasteiger partial charge in [-0.3, -0.25) is 14.3 Å². The maximum absolute atomic E-state index is 12.3. The zero-order valence-corrected chi connectivity index (χ0v) is 13.4. The van der Waals surface area contributed by atoms with Crippen LogP contribution in [0.5, 0.6) is 0 Å². The fourth-order valence-corrected chi connectivity index (χ4v) is 3.08. The van der Waals surface area contributed by atoms with Gasteiger partial charge >= 0.3 is 0 Å². The van der Waals surface area contributed by atoms with E-state index in [1.165, 1.54) is 23.1 Å². The highest BCUT2D eigenvalue weighted by molar-refractivity contribution is 5.78. The van der Waals surface area contributed by atoms with Crippen molar-refractivity contribution in [2.45, 2.75) is 38.6 Å². The minimum Gasteiger partial charge on any atom is -0.354 e. The van der Waals surface area contributed by atoms with E-state index in [1.54, 1.807) is 30.1 Å². The number of aromatic nitrogens is 3. The van der Waals surface area contributed by atoms with E-state index in [1.807, 2.05) is 0 Å². The van der Waals surface area contributed by atoms with E-state index in [2.05, 4.69) is 16.4 Å². The van der Waals surface area contributed by atoms with E-state index in [-0.39, 0.29) is 18.0 Å². The highest BCUT2D eigenvalue weighted by atomic mass is 16.2. The van der Waals surface area contributed by atoms with Crippen molar-refractivity contribution in [3.63, 3.8) is 0 Å². The highest BCUT2D eigenvalue weighted by Gasteiger charge is 2.14. The van der Waals surface area contributed by atoms with Gasteiger partial charge in [-0.05, 0) is 44.2 Å². The average Bonchev–Trinajstić information content (AvgIpc) is 2.81. The molecule has 2 heterocycles. The van der Waals surface area contributed by atoms with Crippen molar-refractivity contribution in [3.05, 3.63) is 40.3 Å². The van der Waals surface area contributed by atoms with Gasteiger partial charge in [-0.1, -0.05) is 11.6 Å². The van der Waals surface area contributed by atoms with Gasteiger partial charge in [0.1, 0.15) is 6.54 Å². The smallest absolute Gasteiger partial charge is 0.276 e. The Kier molecular flexibility index (Phi) is 4.60. The molecule has 6 nitrogen and oxygen atoms in total. The summed E-state index contributed by atoms with van der Waals surface area (Å²) in [6, 6.07) is 3.46. The normalized spacial score (nSPS) is 14.7. The van der Waals surface area contributed by atoms with Gasteiger partial charge in [0.15, 0.2) is 5.65 Å². The molecule has 0 bridgehead atoms. The Morgan fingerprint density at radius 2 is 2.26 bits per heavy atom. The number of carbonyl (C=O) groups is 1. The van der Waals surface area contributed by atoms with E-state index in [4.69, 9.17) is 0 Å². The first-order valence-electron chi connectivity index (χ1n) is 8.12. The molecular weight excluding hydrogens is 292 g/mol. The Labute approximate surface area is 134 Å². The van der Waals surface area contributed by atoms with Crippen LogP contribution in [-0.4, -0.2) is 26.8 Å². The number of nitrogens with one attached hydrogen (secondary N) is 1. The minimum atomic E-state index is -0.180. The molecule has 0 saturated heterocycles. The van der Waals surface area contributed by atoms with Crippen molar-refractivity contribution in [2.75, 3.05) is 6.54 Å². The topological polar surface area (TPSA) is 68.9 Å². The molecule has 0 saturated carbocycles. The Balaban J connectivity index is 1.62. The third-order valence-electron chi connectivity index (χ3n) is 4.37. The van der Waals surface area contributed by atoms with Crippen LogP contribution in [-0.2, 0) is 18.4 Å². The van der Waals surface area contributed by atoms with Crippen LogP contribution >= 0.6 is 0 Å². The number of hydrogen-bond acceptors (Lipinski definition) is 3. The predicted molar refractivity (Wildman–Crippen MR) is 89.2 cm³/mol. The number of carbonyl (C=O) groups excluding carboxylic acids is 1. The van der Waals surface area contributed by atoms with E-state index >= 15 is 0 Å². The molecule has 0 aromatic carbocycles. The molecule has 2 aromatic rings. The standard InChI is InChI=1S/C17H22N4O2/c1-20-16-14(8-5-10-19-16)17(23)21(20)12-15(22)18-11-9-13-6-3-2-4-7-13/h5-6,8,10H,2-4,7,9,11-12H2,1H3,(H,18,22). The fourth-order valence-electron chi connectivity index (χ4n) is 3.08. The number of allylic oxidation sites excluding steroid dienone is 1. The summed E-state index contributed by atoms with van der Waals surface area (Å²) in [7, 11) is 1.75. The van der Waals surface area contributed by atoms with Gasteiger partial charge in [0.2, 0.25) is 5.91 Å². The van der Waals surface area contributed by atoms with Crippen LogP contribution in [0.3, 0.4) is 0 Å². The molecule has 0 spiro atoms. The van der Waals surface area contributed by atoms with Crippen LogP contribution in [0, 0.1) is 0 Å². The maximum atomic E-state index is 12.3. The maximum Gasteiger partial charge on any atom is 0.276 e. The number of nitrogens with zero attached hydrogens (tertiary/aromatic N) is 3. The molecule has 3 rings (SSSR count). The number of hydrogen-bond donors (Lipinski definition) is 1. The molecule has 0 aliphatic heterocycles. The molecule has 23 heavy (non-hydrogen) atoms. The molecule has 0 radical (unpaired) electrons. The lowest BCUT2D eigenvalue weighted by Gasteiger charge is -2.13. The van der Waals surface area contributed by atoms with Crippen molar-refractivity contribution in [3.8, 4) is 0 Å². The van der Waals surface area contributed by atoms with E-state index < -0.39 is 0 Å². The van der Waals surface area contributed by atoms with Crippen LogP contribution in [0.1, 0.15) is 32.1 Å². The summed E-state index contributed by atoms with van der Waals surface area (Å²) in [5.74, 6) is -0.144. The monoisotopic (exact) mass is 314 g/mol. The molecule has 6 heteroatoms. The Morgan fingerprint density at radius 1 is 1.39 bits per heavy atom. The zero-order chi connectivity index (χ0) is 16.2. The molecule has 0 atom stereocenters.